The van der Waals surface area contributed by atoms with Gasteiger partial charge in [-0.15, -0.1) is 0 Å². The van der Waals surface area contributed by atoms with Gasteiger partial charge in [-0.1, -0.05) is 38.1 Å². The van der Waals surface area contributed by atoms with Crippen molar-refractivity contribution >= 4 is 16.6 Å². The molecule has 38 heavy (non-hydrogen) atoms. The van der Waals surface area contributed by atoms with Crippen molar-refractivity contribution in [3.63, 3.8) is 0 Å². The topological polar surface area (TPSA) is 59.3 Å². The van der Waals surface area contributed by atoms with Crippen LogP contribution in [0.2, 0.25) is 0 Å². The van der Waals surface area contributed by atoms with Crippen LogP contribution in [0.15, 0.2) is 54.7 Å². The molecule has 8 heteroatoms. The lowest BCUT2D eigenvalue weighted by atomic mass is 9.63. The lowest BCUT2D eigenvalue weighted by Crippen LogP contribution is -2.58. The highest BCUT2D eigenvalue weighted by Gasteiger charge is 2.64. The van der Waals surface area contributed by atoms with E-state index >= 15 is 0 Å². The number of halogens is 3. The molecule has 6 rings (SSSR count). The molecule has 0 radical (unpaired) electrons. The first-order valence-electron chi connectivity index (χ1n) is 12.8. The van der Waals surface area contributed by atoms with Gasteiger partial charge in [-0.05, 0) is 72.2 Å². The van der Waals surface area contributed by atoms with Gasteiger partial charge in [-0.2, -0.15) is 18.3 Å². The molecule has 5 nitrogen and oxygen atoms in total. The minimum atomic E-state index is -4.86. The zero-order valence-corrected chi connectivity index (χ0v) is 21.8. The number of aryl methyl sites for hydroxylation is 2. The monoisotopic (exact) mass is 521 g/mol. The van der Waals surface area contributed by atoms with Crippen LogP contribution in [0.5, 0.6) is 5.75 Å². The Morgan fingerprint density at radius 1 is 1.08 bits per heavy atom. The molecule has 2 unspecified atom stereocenters. The first kappa shape index (κ1) is 24.8. The Morgan fingerprint density at radius 2 is 1.82 bits per heavy atom. The van der Waals surface area contributed by atoms with Crippen molar-refractivity contribution in [1.82, 2.24) is 9.78 Å². The van der Waals surface area contributed by atoms with Crippen LogP contribution >= 0.6 is 0 Å². The van der Waals surface area contributed by atoms with Gasteiger partial charge in [0, 0.05) is 23.1 Å². The number of fused-ring (bicyclic) bond motifs is 4. The largest absolute Gasteiger partial charge is 0.493 e. The van der Waals surface area contributed by atoms with E-state index in [4.69, 9.17) is 4.74 Å². The quantitative estimate of drug-likeness (QED) is 0.315. The number of benzene rings is 3. The van der Waals surface area contributed by atoms with Crippen molar-refractivity contribution in [2.75, 3.05) is 11.9 Å². The lowest BCUT2D eigenvalue weighted by Gasteiger charge is -2.49. The molecular formula is C30H30F3N3O2. The number of nitrogens with one attached hydrogen (secondary N) is 1. The summed E-state index contributed by atoms with van der Waals surface area (Å²) < 4.78 is 51.7. The van der Waals surface area contributed by atoms with Gasteiger partial charge in [0.15, 0.2) is 5.60 Å². The first-order chi connectivity index (χ1) is 17.9. The highest BCUT2D eigenvalue weighted by molar-refractivity contribution is 5.92. The van der Waals surface area contributed by atoms with Crippen molar-refractivity contribution in [2.24, 2.45) is 0 Å². The second-order valence-corrected chi connectivity index (χ2v) is 11.3. The van der Waals surface area contributed by atoms with E-state index in [2.05, 4.69) is 16.5 Å². The van der Waals surface area contributed by atoms with Crippen LogP contribution in [0.3, 0.4) is 0 Å². The van der Waals surface area contributed by atoms with E-state index in [9.17, 15) is 18.3 Å². The number of aliphatic hydroxyl groups is 1. The van der Waals surface area contributed by atoms with Crippen LogP contribution in [0, 0.1) is 13.8 Å². The van der Waals surface area contributed by atoms with Crippen LogP contribution in [0.4, 0.5) is 18.9 Å². The van der Waals surface area contributed by atoms with Gasteiger partial charge >= 0.3 is 6.18 Å². The fourth-order valence-corrected chi connectivity index (χ4v) is 6.40. The standard InChI is InChI=1S/C30H30F3N3O2/c1-17-12-18(2)14-20(13-17)36-24-7-5-6-23(22(24)15-34-36)35-27-21-9-8-19-10-11-38-26(19)25(21)28(3,4)16-29(27,37)30(31,32)33/h5-9,12-15,27,35,37H,10-11,16H2,1-4H3. The van der Waals surface area contributed by atoms with E-state index in [1.54, 1.807) is 42.9 Å². The van der Waals surface area contributed by atoms with Gasteiger partial charge in [0.05, 0.1) is 30.0 Å². The van der Waals surface area contributed by atoms with E-state index in [-0.39, 0.29) is 0 Å². The number of rotatable bonds is 3. The molecule has 0 fully saturated rings. The molecule has 0 saturated carbocycles. The van der Waals surface area contributed by atoms with Crippen LogP contribution in [0.1, 0.15) is 54.1 Å². The summed E-state index contributed by atoms with van der Waals surface area (Å²) in [6, 6.07) is 13.6. The summed E-state index contributed by atoms with van der Waals surface area (Å²) in [6.07, 6.45) is -2.98. The van der Waals surface area contributed by atoms with Gasteiger partial charge in [0.2, 0.25) is 0 Å². The van der Waals surface area contributed by atoms with E-state index in [0.29, 0.717) is 29.0 Å². The maximum atomic E-state index is 14.7. The van der Waals surface area contributed by atoms with Gasteiger partial charge in [-0.25, -0.2) is 4.68 Å². The van der Waals surface area contributed by atoms with Gasteiger partial charge in [0.1, 0.15) is 5.75 Å². The van der Waals surface area contributed by atoms with Gasteiger partial charge < -0.3 is 15.2 Å². The van der Waals surface area contributed by atoms with Crippen molar-refractivity contribution in [3.8, 4) is 11.4 Å². The minimum absolute atomic E-state index is 0.403. The number of anilines is 1. The molecule has 1 aromatic heterocycles. The third kappa shape index (κ3) is 3.68. The molecule has 2 atom stereocenters. The highest BCUT2D eigenvalue weighted by atomic mass is 19.4. The van der Waals surface area contributed by atoms with Crippen LogP contribution in [-0.4, -0.2) is 33.3 Å². The predicted octanol–water partition coefficient (Wildman–Crippen LogP) is 6.71. The molecule has 2 N–H and O–H groups in total. The zero-order valence-electron chi connectivity index (χ0n) is 21.8. The van der Waals surface area contributed by atoms with Gasteiger partial charge in [-0.3, -0.25) is 0 Å². The highest BCUT2D eigenvalue weighted by Crippen LogP contribution is 2.57. The summed E-state index contributed by atoms with van der Waals surface area (Å²) in [5, 5.41) is 19.8. The molecule has 0 spiro atoms. The molecule has 4 aromatic rings. The average Bonchev–Trinajstić information content (AvgIpc) is 3.47. The molecule has 0 saturated heterocycles. The molecular weight excluding hydrogens is 491 g/mol. The Morgan fingerprint density at radius 3 is 2.53 bits per heavy atom. The SMILES string of the molecule is Cc1cc(C)cc(-n2ncc3c(NC4c5ccc6c(c5C(C)(C)CC4(O)C(F)(F)F)OCC6)cccc32)c1. The van der Waals surface area contributed by atoms with Crippen LogP contribution < -0.4 is 10.1 Å². The predicted molar refractivity (Wildman–Crippen MR) is 141 cm³/mol. The third-order valence-electron chi connectivity index (χ3n) is 7.92. The maximum absolute atomic E-state index is 14.7. The fourth-order valence-electron chi connectivity index (χ4n) is 6.40. The second kappa shape index (κ2) is 8.24. The van der Waals surface area contributed by atoms with Crippen molar-refractivity contribution in [3.05, 3.63) is 82.5 Å². The molecule has 3 aromatic carbocycles. The zero-order chi connectivity index (χ0) is 27.0. The smallest absolute Gasteiger partial charge is 0.419 e. The number of aromatic nitrogens is 2. The van der Waals surface area contributed by atoms with E-state index < -0.39 is 29.7 Å². The molecule has 1 aliphatic carbocycles. The normalized spacial score (nSPS) is 22.2. The number of nitrogens with zero attached hydrogens (tertiary/aromatic N) is 2. The Bertz CT molecular complexity index is 1550. The van der Waals surface area contributed by atoms with E-state index in [1.165, 1.54) is 0 Å². The molecule has 2 heterocycles. The lowest BCUT2D eigenvalue weighted by molar-refractivity contribution is -0.275. The van der Waals surface area contributed by atoms with Crippen molar-refractivity contribution in [2.45, 2.75) is 63.8 Å². The van der Waals surface area contributed by atoms with Crippen LogP contribution in [0.25, 0.3) is 16.6 Å². The summed E-state index contributed by atoms with van der Waals surface area (Å²) in [6.45, 7) is 8.01. The molecule has 0 bridgehead atoms. The summed E-state index contributed by atoms with van der Waals surface area (Å²) in [4.78, 5) is 0. The average molecular weight is 522 g/mol. The molecule has 2 aliphatic rings. The molecule has 198 valence electrons. The Kier molecular flexibility index (Phi) is 5.38. The maximum Gasteiger partial charge on any atom is 0.419 e. The minimum Gasteiger partial charge on any atom is -0.493 e. The summed E-state index contributed by atoms with van der Waals surface area (Å²) in [7, 11) is 0. The van der Waals surface area contributed by atoms with E-state index in [1.807, 2.05) is 38.1 Å². The number of ether oxygens (including phenoxy) is 1. The first-order valence-corrected chi connectivity index (χ1v) is 12.8. The molecule has 1 aliphatic heterocycles. The van der Waals surface area contributed by atoms with Crippen molar-refractivity contribution < 1.29 is 23.0 Å². The van der Waals surface area contributed by atoms with Crippen molar-refractivity contribution in [1.29, 1.82) is 0 Å². The fraction of sp³-hybridized carbons (Fsp3) is 0.367. The Hall–Kier alpha value is -3.52. The Balaban J connectivity index is 1.51. The summed E-state index contributed by atoms with van der Waals surface area (Å²) >= 11 is 0. The number of hydrogen-bond acceptors (Lipinski definition) is 4. The third-order valence-corrected chi connectivity index (χ3v) is 7.92. The number of alkyl halides is 3. The number of hydrogen-bond donors (Lipinski definition) is 2. The van der Waals surface area contributed by atoms with Gasteiger partial charge in [0.25, 0.3) is 0 Å². The Labute approximate surface area is 219 Å². The second-order valence-electron chi connectivity index (χ2n) is 11.3. The van der Waals surface area contributed by atoms with Crippen LogP contribution in [-0.2, 0) is 11.8 Å². The van der Waals surface area contributed by atoms with E-state index in [0.717, 1.165) is 39.9 Å². The molecule has 0 amide bonds. The summed E-state index contributed by atoms with van der Waals surface area (Å²) in [5.74, 6) is 0.657. The summed E-state index contributed by atoms with van der Waals surface area (Å²) in [5.41, 5.74) is 2.45.